The van der Waals surface area contributed by atoms with E-state index in [1.165, 1.54) is 32.3 Å². The van der Waals surface area contributed by atoms with Crippen LogP contribution in [-0.2, 0) is 4.79 Å². The molecule has 6 nitrogen and oxygen atoms in total. The van der Waals surface area contributed by atoms with Gasteiger partial charge in [-0.05, 0) is 56.5 Å². The predicted molar refractivity (Wildman–Crippen MR) is 109 cm³/mol. The number of hydrogen-bond donors (Lipinski definition) is 1. The molecule has 0 spiro atoms. The summed E-state index contributed by atoms with van der Waals surface area (Å²) >= 11 is 0. The molecule has 0 saturated carbocycles. The Morgan fingerprint density at radius 1 is 1.07 bits per heavy atom. The summed E-state index contributed by atoms with van der Waals surface area (Å²) in [6.07, 6.45) is 3.60. The smallest absolute Gasteiger partial charge is 0.335 e. The SMILES string of the molecule is CC(=O)CN(COc1ccccc1N1CCCCC1)c1cccc(C(=O)O)c1. The number of carbonyl (C=O) groups excluding carboxylic acids is 1. The summed E-state index contributed by atoms with van der Waals surface area (Å²) in [5.41, 5.74) is 1.88. The van der Waals surface area contributed by atoms with Crippen molar-refractivity contribution < 1.29 is 19.4 Å². The quantitative estimate of drug-likeness (QED) is 0.700. The number of carboxylic acid groups (broad SMARTS) is 1. The summed E-state index contributed by atoms with van der Waals surface area (Å²) in [6, 6.07) is 14.5. The molecular weight excluding hydrogens is 356 g/mol. The third-order valence-corrected chi connectivity index (χ3v) is 4.81. The molecule has 0 amide bonds. The van der Waals surface area contributed by atoms with Crippen LogP contribution >= 0.6 is 0 Å². The lowest BCUT2D eigenvalue weighted by Gasteiger charge is -2.31. The van der Waals surface area contributed by atoms with Gasteiger partial charge in [0.25, 0.3) is 0 Å². The lowest BCUT2D eigenvalue weighted by Crippen LogP contribution is -2.33. The predicted octanol–water partition coefficient (Wildman–Crippen LogP) is 3.81. The van der Waals surface area contributed by atoms with Gasteiger partial charge in [-0.3, -0.25) is 4.79 Å². The largest absolute Gasteiger partial charge is 0.478 e. The summed E-state index contributed by atoms with van der Waals surface area (Å²) in [7, 11) is 0. The molecule has 0 aliphatic carbocycles. The van der Waals surface area contributed by atoms with Gasteiger partial charge in [-0.2, -0.15) is 0 Å². The number of carbonyl (C=O) groups is 2. The van der Waals surface area contributed by atoms with E-state index < -0.39 is 5.97 Å². The van der Waals surface area contributed by atoms with Crippen molar-refractivity contribution in [2.45, 2.75) is 26.2 Å². The van der Waals surface area contributed by atoms with Crippen molar-refractivity contribution in [3.8, 4) is 5.75 Å². The van der Waals surface area contributed by atoms with Gasteiger partial charge in [0.1, 0.15) is 11.5 Å². The van der Waals surface area contributed by atoms with E-state index in [9.17, 15) is 14.7 Å². The zero-order valence-electron chi connectivity index (χ0n) is 16.1. The zero-order chi connectivity index (χ0) is 19.9. The highest BCUT2D eigenvalue weighted by Crippen LogP contribution is 2.30. The molecule has 1 heterocycles. The number of para-hydroxylation sites is 2. The summed E-state index contributed by atoms with van der Waals surface area (Å²) < 4.78 is 6.09. The summed E-state index contributed by atoms with van der Waals surface area (Å²) in [4.78, 5) is 27.1. The van der Waals surface area contributed by atoms with Gasteiger partial charge in [-0.15, -0.1) is 0 Å². The Kier molecular flexibility index (Phi) is 6.53. The second kappa shape index (κ2) is 9.26. The molecule has 1 aliphatic rings. The van der Waals surface area contributed by atoms with E-state index in [4.69, 9.17) is 4.74 Å². The van der Waals surface area contributed by atoms with Crippen LogP contribution in [0.5, 0.6) is 5.75 Å². The number of nitrogens with zero attached hydrogens (tertiary/aromatic N) is 2. The zero-order valence-corrected chi connectivity index (χ0v) is 16.1. The molecule has 0 bridgehead atoms. The van der Waals surface area contributed by atoms with E-state index in [1.54, 1.807) is 23.1 Å². The molecule has 1 saturated heterocycles. The Labute approximate surface area is 165 Å². The molecule has 0 radical (unpaired) electrons. The highest BCUT2D eigenvalue weighted by molar-refractivity contribution is 5.89. The number of Topliss-reactive ketones (excluding diaryl/α,β-unsaturated/α-hetero) is 1. The number of ether oxygens (including phenoxy) is 1. The number of carboxylic acids is 1. The maximum Gasteiger partial charge on any atom is 0.335 e. The minimum Gasteiger partial charge on any atom is -0.478 e. The number of anilines is 2. The first-order valence-electron chi connectivity index (χ1n) is 9.59. The molecule has 3 rings (SSSR count). The minimum absolute atomic E-state index is 0.0198. The lowest BCUT2D eigenvalue weighted by atomic mass is 10.1. The fourth-order valence-electron chi connectivity index (χ4n) is 3.44. The van der Waals surface area contributed by atoms with Crippen LogP contribution in [0, 0.1) is 0 Å². The van der Waals surface area contributed by atoms with Gasteiger partial charge in [0.2, 0.25) is 0 Å². The highest BCUT2D eigenvalue weighted by atomic mass is 16.5. The average Bonchev–Trinajstić information content (AvgIpc) is 2.72. The first-order chi connectivity index (χ1) is 13.5. The number of rotatable bonds is 8. The van der Waals surface area contributed by atoms with Crippen LogP contribution in [0.4, 0.5) is 11.4 Å². The lowest BCUT2D eigenvalue weighted by molar-refractivity contribution is -0.115. The van der Waals surface area contributed by atoms with E-state index in [1.807, 2.05) is 18.2 Å². The maximum atomic E-state index is 11.8. The van der Waals surface area contributed by atoms with Crippen molar-refractivity contribution in [2.24, 2.45) is 0 Å². The van der Waals surface area contributed by atoms with Gasteiger partial charge in [0.05, 0.1) is 17.8 Å². The fraction of sp³-hybridized carbons (Fsp3) is 0.364. The molecule has 0 aromatic heterocycles. The molecule has 0 unspecified atom stereocenters. The van der Waals surface area contributed by atoms with E-state index in [2.05, 4.69) is 11.0 Å². The number of piperidine rings is 1. The van der Waals surface area contributed by atoms with Crippen molar-refractivity contribution in [1.29, 1.82) is 0 Å². The van der Waals surface area contributed by atoms with Crippen LogP contribution in [0.15, 0.2) is 48.5 Å². The molecule has 28 heavy (non-hydrogen) atoms. The van der Waals surface area contributed by atoms with Crippen LogP contribution in [0.2, 0.25) is 0 Å². The van der Waals surface area contributed by atoms with Crippen molar-refractivity contribution in [3.05, 3.63) is 54.1 Å². The van der Waals surface area contributed by atoms with Gasteiger partial charge in [-0.25, -0.2) is 4.79 Å². The van der Waals surface area contributed by atoms with Crippen molar-refractivity contribution in [1.82, 2.24) is 0 Å². The van der Waals surface area contributed by atoms with Crippen molar-refractivity contribution in [3.63, 3.8) is 0 Å². The van der Waals surface area contributed by atoms with E-state index in [0.717, 1.165) is 24.5 Å². The first kappa shape index (κ1) is 19.7. The molecule has 1 aliphatic heterocycles. The van der Waals surface area contributed by atoms with E-state index >= 15 is 0 Å². The molecule has 0 atom stereocenters. The first-order valence-corrected chi connectivity index (χ1v) is 9.59. The Hall–Kier alpha value is -3.02. The second-order valence-electron chi connectivity index (χ2n) is 7.04. The highest BCUT2D eigenvalue weighted by Gasteiger charge is 2.17. The Bertz CT molecular complexity index is 831. The molecular formula is C22H26N2O4. The molecule has 1 fully saturated rings. The van der Waals surface area contributed by atoms with E-state index in [-0.39, 0.29) is 24.6 Å². The van der Waals surface area contributed by atoms with Crippen LogP contribution in [0.25, 0.3) is 0 Å². The van der Waals surface area contributed by atoms with Gasteiger partial charge in [0, 0.05) is 18.8 Å². The monoisotopic (exact) mass is 382 g/mol. The Morgan fingerprint density at radius 3 is 2.54 bits per heavy atom. The van der Waals surface area contributed by atoms with Crippen LogP contribution in [-0.4, -0.2) is 43.2 Å². The molecule has 2 aromatic carbocycles. The minimum atomic E-state index is -0.999. The van der Waals surface area contributed by atoms with Gasteiger partial charge >= 0.3 is 5.97 Å². The Morgan fingerprint density at radius 2 is 1.82 bits per heavy atom. The van der Waals surface area contributed by atoms with Crippen LogP contribution in [0.1, 0.15) is 36.5 Å². The number of hydrogen-bond acceptors (Lipinski definition) is 5. The summed E-state index contributed by atoms with van der Waals surface area (Å²) in [6.45, 7) is 3.84. The third kappa shape index (κ3) is 5.03. The molecule has 2 aromatic rings. The molecule has 6 heteroatoms. The molecule has 1 N–H and O–H groups in total. The normalized spacial score (nSPS) is 13.8. The van der Waals surface area contributed by atoms with Gasteiger partial charge in [-0.1, -0.05) is 18.2 Å². The topological polar surface area (TPSA) is 70.1 Å². The molecule has 148 valence electrons. The van der Waals surface area contributed by atoms with E-state index in [0.29, 0.717) is 5.69 Å². The number of aromatic carboxylic acids is 1. The maximum absolute atomic E-state index is 11.8. The standard InChI is InChI=1S/C22H26N2O4/c1-17(25)15-24(19-9-7-8-18(14-19)22(26)27)16-28-21-11-4-3-10-20(21)23-12-5-2-6-13-23/h3-4,7-11,14H,2,5-6,12-13,15-16H2,1H3,(H,26,27). The van der Waals surface area contributed by atoms with Gasteiger partial charge < -0.3 is 19.6 Å². The average molecular weight is 382 g/mol. The number of benzene rings is 2. The van der Waals surface area contributed by atoms with Crippen molar-refractivity contribution in [2.75, 3.05) is 36.2 Å². The van der Waals surface area contributed by atoms with Gasteiger partial charge in [0.15, 0.2) is 6.73 Å². The third-order valence-electron chi connectivity index (χ3n) is 4.81. The van der Waals surface area contributed by atoms with Crippen LogP contribution < -0.4 is 14.5 Å². The van der Waals surface area contributed by atoms with Crippen LogP contribution in [0.3, 0.4) is 0 Å². The number of ketones is 1. The second-order valence-corrected chi connectivity index (χ2v) is 7.04. The summed E-state index contributed by atoms with van der Waals surface area (Å²) in [5, 5.41) is 9.24. The Balaban J connectivity index is 1.78. The summed E-state index contributed by atoms with van der Waals surface area (Å²) in [5.74, 6) is -0.248. The van der Waals surface area contributed by atoms with Crippen molar-refractivity contribution >= 4 is 23.1 Å². The fourth-order valence-corrected chi connectivity index (χ4v) is 3.44.